The molecule has 20 heavy (non-hydrogen) atoms. The third kappa shape index (κ3) is 2.28. The third-order valence-electron chi connectivity index (χ3n) is 3.08. The molecule has 6 heteroatoms. The van der Waals surface area contributed by atoms with Gasteiger partial charge in [-0.1, -0.05) is 17.7 Å². The first kappa shape index (κ1) is 12.7. The smallest absolute Gasteiger partial charge is 0.180 e. The van der Waals surface area contributed by atoms with Crippen molar-refractivity contribution in [3.8, 4) is 0 Å². The topological polar surface area (TPSA) is 54.2 Å². The second-order valence-electron chi connectivity index (χ2n) is 4.47. The first-order valence-corrected chi connectivity index (χ1v) is 6.60. The highest BCUT2D eigenvalue weighted by molar-refractivity contribution is 6.30. The summed E-state index contributed by atoms with van der Waals surface area (Å²) in [6.45, 7) is 2.02. The van der Waals surface area contributed by atoms with Gasteiger partial charge >= 0.3 is 0 Å². The monoisotopic (exact) mass is 287 g/mol. The van der Waals surface area contributed by atoms with Crippen molar-refractivity contribution in [1.82, 2.24) is 14.4 Å². The minimum Gasteiger partial charge on any atom is -0.372 e. The molecule has 0 atom stereocenters. The normalized spacial score (nSPS) is 10.8. The lowest BCUT2D eigenvalue weighted by molar-refractivity contribution is 1.12. The van der Waals surface area contributed by atoms with Gasteiger partial charge < -0.3 is 15.0 Å². The largest absolute Gasteiger partial charge is 0.372 e. The lowest BCUT2D eigenvalue weighted by Crippen LogP contribution is -2.03. The molecule has 0 aliphatic heterocycles. The highest BCUT2D eigenvalue weighted by Gasteiger charge is 2.09. The maximum absolute atomic E-state index is 6.05. The first-order chi connectivity index (χ1) is 9.67. The molecule has 0 radical (unpaired) electrons. The van der Waals surface area contributed by atoms with Crippen LogP contribution in [0.25, 0.3) is 5.65 Å². The fourth-order valence-electron chi connectivity index (χ4n) is 1.99. The van der Waals surface area contributed by atoms with Gasteiger partial charge in [0.25, 0.3) is 0 Å². The van der Waals surface area contributed by atoms with Crippen LogP contribution < -0.4 is 10.6 Å². The highest BCUT2D eigenvalue weighted by Crippen LogP contribution is 2.26. The van der Waals surface area contributed by atoms with Crippen LogP contribution in [-0.2, 0) is 0 Å². The standard InChI is InChI=1S/C14H14ClN5/c1-9-3-4-10(15)7-11(9)18-13-14-17-5-6-20(14)8-12(16-2)19-13/h3-8,16H,1-2H3,(H,18,19). The van der Waals surface area contributed by atoms with E-state index >= 15 is 0 Å². The van der Waals surface area contributed by atoms with Gasteiger partial charge in [0, 0.05) is 30.2 Å². The van der Waals surface area contributed by atoms with E-state index in [4.69, 9.17) is 11.6 Å². The van der Waals surface area contributed by atoms with Gasteiger partial charge in [-0.3, -0.25) is 0 Å². The van der Waals surface area contributed by atoms with Gasteiger partial charge in [-0.05, 0) is 24.6 Å². The van der Waals surface area contributed by atoms with Crippen LogP contribution >= 0.6 is 11.6 Å². The minimum atomic E-state index is 0.683. The second-order valence-corrected chi connectivity index (χ2v) is 4.90. The maximum atomic E-state index is 6.05. The Morgan fingerprint density at radius 3 is 2.95 bits per heavy atom. The van der Waals surface area contributed by atoms with Crippen molar-refractivity contribution in [2.45, 2.75) is 6.92 Å². The summed E-state index contributed by atoms with van der Waals surface area (Å²) in [4.78, 5) is 8.83. The fraction of sp³-hybridized carbons (Fsp3) is 0.143. The predicted octanol–water partition coefficient (Wildman–Crippen LogP) is 3.48. The molecular weight excluding hydrogens is 274 g/mol. The number of hydrogen-bond acceptors (Lipinski definition) is 4. The number of rotatable bonds is 3. The summed E-state index contributed by atoms with van der Waals surface area (Å²) in [5.41, 5.74) is 2.78. The Balaban J connectivity index is 2.09. The Bertz CT molecular complexity index is 765. The van der Waals surface area contributed by atoms with Crippen molar-refractivity contribution in [3.63, 3.8) is 0 Å². The Hall–Kier alpha value is -2.27. The maximum Gasteiger partial charge on any atom is 0.180 e. The molecule has 0 fully saturated rings. The van der Waals surface area contributed by atoms with E-state index in [0.29, 0.717) is 10.8 Å². The minimum absolute atomic E-state index is 0.683. The number of halogens is 1. The van der Waals surface area contributed by atoms with E-state index in [2.05, 4.69) is 20.6 Å². The van der Waals surface area contributed by atoms with Crippen molar-refractivity contribution in [3.05, 3.63) is 47.4 Å². The molecule has 0 spiro atoms. The van der Waals surface area contributed by atoms with Crippen molar-refractivity contribution < 1.29 is 0 Å². The molecular formula is C14H14ClN5. The number of fused-ring (bicyclic) bond motifs is 1. The molecule has 0 unspecified atom stereocenters. The molecule has 2 aromatic heterocycles. The Labute approximate surface area is 121 Å². The lowest BCUT2D eigenvalue weighted by Gasteiger charge is -2.11. The number of benzene rings is 1. The van der Waals surface area contributed by atoms with Crippen LogP contribution in [0.5, 0.6) is 0 Å². The summed E-state index contributed by atoms with van der Waals surface area (Å²) in [6.07, 6.45) is 5.51. The van der Waals surface area contributed by atoms with Gasteiger partial charge in [-0.25, -0.2) is 9.97 Å². The van der Waals surface area contributed by atoms with Crippen LogP contribution in [-0.4, -0.2) is 21.4 Å². The summed E-state index contributed by atoms with van der Waals surface area (Å²) in [5.74, 6) is 1.45. The summed E-state index contributed by atoms with van der Waals surface area (Å²) in [6, 6.07) is 5.71. The van der Waals surface area contributed by atoms with E-state index in [9.17, 15) is 0 Å². The molecule has 0 saturated carbocycles. The van der Waals surface area contributed by atoms with Crippen LogP contribution in [0.15, 0.2) is 36.8 Å². The van der Waals surface area contributed by atoms with Crippen LogP contribution in [0.4, 0.5) is 17.3 Å². The number of hydrogen-bond donors (Lipinski definition) is 2. The second kappa shape index (κ2) is 5.02. The van der Waals surface area contributed by atoms with E-state index in [1.165, 1.54) is 0 Å². The molecule has 0 bridgehead atoms. The molecule has 2 N–H and O–H groups in total. The van der Waals surface area contributed by atoms with E-state index < -0.39 is 0 Å². The molecule has 0 saturated heterocycles. The lowest BCUT2D eigenvalue weighted by atomic mass is 10.2. The summed E-state index contributed by atoms with van der Waals surface area (Å²) >= 11 is 6.05. The predicted molar refractivity (Wildman–Crippen MR) is 82.0 cm³/mol. The number of imidazole rings is 1. The number of aryl methyl sites for hydroxylation is 1. The van der Waals surface area contributed by atoms with Crippen LogP contribution in [0.1, 0.15) is 5.56 Å². The number of aromatic nitrogens is 3. The van der Waals surface area contributed by atoms with Crippen LogP contribution in [0.3, 0.4) is 0 Å². The van der Waals surface area contributed by atoms with Gasteiger partial charge in [0.1, 0.15) is 5.82 Å². The number of nitrogens with zero attached hydrogens (tertiary/aromatic N) is 3. The van der Waals surface area contributed by atoms with Crippen molar-refractivity contribution in [2.75, 3.05) is 17.7 Å². The zero-order chi connectivity index (χ0) is 14.1. The Morgan fingerprint density at radius 1 is 1.30 bits per heavy atom. The molecule has 0 aliphatic carbocycles. The molecule has 2 heterocycles. The SMILES string of the molecule is CNc1cn2ccnc2c(Nc2cc(Cl)ccc2C)n1. The third-order valence-corrected chi connectivity index (χ3v) is 3.32. The van der Waals surface area contributed by atoms with Crippen molar-refractivity contribution >= 4 is 34.6 Å². The van der Waals surface area contributed by atoms with Gasteiger partial charge in [-0.2, -0.15) is 0 Å². The zero-order valence-corrected chi connectivity index (χ0v) is 11.9. The molecule has 0 amide bonds. The van der Waals surface area contributed by atoms with E-state index in [1.54, 1.807) is 6.20 Å². The van der Waals surface area contributed by atoms with Gasteiger partial charge in [-0.15, -0.1) is 0 Å². The van der Waals surface area contributed by atoms with Gasteiger partial charge in [0.2, 0.25) is 0 Å². The highest BCUT2D eigenvalue weighted by atomic mass is 35.5. The number of anilines is 3. The quantitative estimate of drug-likeness (QED) is 0.774. The number of nitrogens with one attached hydrogen (secondary N) is 2. The summed E-state index contributed by atoms with van der Waals surface area (Å²) < 4.78 is 1.92. The van der Waals surface area contributed by atoms with Gasteiger partial charge in [0.15, 0.2) is 11.5 Å². The van der Waals surface area contributed by atoms with Crippen LogP contribution in [0.2, 0.25) is 5.02 Å². The van der Waals surface area contributed by atoms with Crippen LogP contribution in [0, 0.1) is 6.92 Å². The van der Waals surface area contributed by atoms with Gasteiger partial charge in [0.05, 0.1) is 6.20 Å². The molecule has 1 aromatic carbocycles. The molecule has 5 nitrogen and oxygen atoms in total. The Morgan fingerprint density at radius 2 is 2.15 bits per heavy atom. The molecule has 3 aromatic rings. The summed E-state index contributed by atoms with van der Waals surface area (Å²) in [7, 11) is 1.83. The van der Waals surface area contributed by atoms with E-state index in [1.807, 2.05) is 49.0 Å². The fourth-order valence-corrected chi connectivity index (χ4v) is 2.16. The Kier molecular flexibility index (Phi) is 3.20. The van der Waals surface area contributed by atoms with Crippen molar-refractivity contribution in [2.24, 2.45) is 0 Å². The zero-order valence-electron chi connectivity index (χ0n) is 11.2. The first-order valence-electron chi connectivity index (χ1n) is 6.22. The van der Waals surface area contributed by atoms with Crippen molar-refractivity contribution in [1.29, 1.82) is 0 Å². The molecule has 0 aliphatic rings. The molecule has 102 valence electrons. The average Bonchev–Trinajstić information content (AvgIpc) is 2.91. The van der Waals surface area contributed by atoms with E-state index in [-0.39, 0.29) is 0 Å². The summed E-state index contributed by atoms with van der Waals surface area (Å²) in [5, 5.41) is 7.02. The average molecular weight is 288 g/mol. The molecule has 3 rings (SSSR count). The van der Waals surface area contributed by atoms with E-state index in [0.717, 1.165) is 22.7 Å².